The van der Waals surface area contributed by atoms with E-state index in [0.717, 1.165) is 42.5 Å². The molecule has 27 heavy (non-hydrogen) atoms. The number of fused-ring (bicyclic) bond motifs is 1. The van der Waals surface area contributed by atoms with Crippen molar-refractivity contribution in [3.8, 4) is 5.75 Å². The van der Waals surface area contributed by atoms with Gasteiger partial charge in [-0.3, -0.25) is 4.79 Å². The van der Waals surface area contributed by atoms with Gasteiger partial charge in [-0.2, -0.15) is 0 Å². The fourth-order valence-corrected chi connectivity index (χ4v) is 3.52. The lowest BCUT2D eigenvalue weighted by molar-refractivity contribution is 0.0957. The van der Waals surface area contributed by atoms with Crippen molar-refractivity contribution < 1.29 is 9.53 Å². The van der Waals surface area contributed by atoms with E-state index in [1.165, 1.54) is 16.9 Å². The molecule has 1 atom stereocenters. The van der Waals surface area contributed by atoms with Gasteiger partial charge in [0.1, 0.15) is 11.9 Å². The van der Waals surface area contributed by atoms with Crippen LogP contribution in [0.2, 0.25) is 0 Å². The van der Waals surface area contributed by atoms with Crippen molar-refractivity contribution in [3.05, 3.63) is 52.2 Å². The topological polar surface area (TPSA) is 74.8 Å². The molecule has 3 rings (SSSR count). The number of para-hydroxylation sites is 1. The van der Waals surface area contributed by atoms with E-state index in [0.29, 0.717) is 13.1 Å². The second kappa shape index (κ2) is 9.97. The number of nitrogens with zero attached hydrogens (tertiary/aromatic N) is 1. The zero-order valence-corrected chi connectivity index (χ0v) is 16.3. The first-order valence-electron chi connectivity index (χ1n) is 9.34. The Labute approximate surface area is 164 Å². The zero-order valence-electron chi connectivity index (χ0n) is 15.5. The lowest BCUT2D eigenvalue weighted by Crippen LogP contribution is -2.39. The number of guanidine groups is 1. The molecule has 1 amide bonds. The van der Waals surface area contributed by atoms with Gasteiger partial charge in [-0.05, 0) is 36.4 Å². The van der Waals surface area contributed by atoms with Crippen LogP contribution >= 0.6 is 11.3 Å². The molecule has 7 heteroatoms. The minimum absolute atomic E-state index is 0.0106. The van der Waals surface area contributed by atoms with Crippen LogP contribution in [0.25, 0.3) is 0 Å². The molecule has 0 radical (unpaired) electrons. The summed E-state index contributed by atoms with van der Waals surface area (Å²) in [4.78, 5) is 17.3. The van der Waals surface area contributed by atoms with Gasteiger partial charge in [0.05, 0.1) is 11.4 Å². The Morgan fingerprint density at radius 3 is 2.81 bits per heavy atom. The van der Waals surface area contributed by atoms with E-state index in [2.05, 4.69) is 27.0 Å². The molecular weight excluding hydrogens is 360 g/mol. The molecule has 1 aliphatic heterocycles. The van der Waals surface area contributed by atoms with Gasteiger partial charge in [-0.1, -0.05) is 24.3 Å². The molecule has 0 saturated carbocycles. The summed E-state index contributed by atoms with van der Waals surface area (Å²) in [6, 6.07) is 11.9. The van der Waals surface area contributed by atoms with E-state index in [9.17, 15) is 4.79 Å². The maximum Gasteiger partial charge on any atom is 0.261 e. The van der Waals surface area contributed by atoms with Gasteiger partial charge in [0, 0.05) is 26.1 Å². The summed E-state index contributed by atoms with van der Waals surface area (Å²) in [5, 5.41) is 11.4. The zero-order chi connectivity index (χ0) is 18.9. The number of ether oxygens (including phenoxy) is 1. The number of benzene rings is 1. The van der Waals surface area contributed by atoms with Gasteiger partial charge in [0.2, 0.25) is 0 Å². The summed E-state index contributed by atoms with van der Waals surface area (Å²) < 4.78 is 5.93. The van der Waals surface area contributed by atoms with Gasteiger partial charge in [-0.15, -0.1) is 11.3 Å². The summed E-state index contributed by atoms with van der Waals surface area (Å²) in [5.74, 6) is 1.74. The van der Waals surface area contributed by atoms with Gasteiger partial charge >= 0.3 is 0 Å². The van der Waals surface area contributed by atoms with Crippen LogP contribution in [-0.2, 0) is 6.42 Å². The first kappa shape index (κ1) is 19.2. The molecule has 0 saturated heterocycles. The Bertz CT molecular complexity index is 736. The molecule has 3 N–H and O–H groups in total. The summed E-state index contributed by atoms with van der Waals surface area (Å²) >= 11 is 1.45. The van der Waals surface area contributed by atoms with Crippen LogP contribution in [0.5, 0.6) is 5.75 Å². The Hall–Kier alpha value is -2.54. The van der Waals surface area contributed by atoms with Crippen molar-refractivity contribution in [2.24, 2.45) is 4.99 Å². The largest absolute Gasteiger partial charge is 0.488 e. The van der Waals surface area contributed by atoms with Crippen molar-refractivity contribution in [2.75, 3.05) is 26.2 Å². The van der Waals surface area contributed by atoms with Crippen LogP contribution in [0, 0.1) is 0 Å². The van der Waals surface area contributed by atoms with E-state index in [4.69, 9.17) is 4.74 Å². The molecule has 2 aromatic rings. The summed E-state index contributed by atoms with van der Waals surface area (Å²) in [6.45, 7) is 4.82. The Kier molecular flexibility index (Phi) is 7.10. The first-order chi connectivity index (χ1) is 13.3. The van der Waals surface area contributed by atoms with Crippen LogP contribution < -0.4 is 20.7 Å². The molecule has 144 valence electrons. The van der Waals surface area contributed by atoms with Gasteiger partial charge < -0.3 is 20.7 Å². The fraction of sp³-hybridized carbons (Fsp3) is 0.400. The molecule has 1 unspecified atom stereocenters. The standard InChI is InChI=1S/C20H26N4O2S/c1-2-21-20(23-11-6-10-22-19(25)18-9-5-12-27-18)24-14-16-13-15-7-3-4-8-17(15)26-16/h3-5,7-9,12,16H,2,6,10-11,13-14H2,1H3,(H,22,25)(H2,21,23,24). The smallest absolute Gasteiger partial charge is 0.261 e. The fourth-order valence-electron chi connectivity index (χ4n) is 2.88. The van der Waals surface area contributed by atoms with Crippen molar-refractivity contribution in [2.45, 2.75) is 25.9 Å². The van der Waals surface area contributed by atoms with Crippen LogP contribution in [0.15, 0.2) is 46.8 Å². The van der Waals surface area contributed by atoms with Crippen molar-refractivity contribution in [1.29, 1.82) is 0 Å². The van der Waals surface area contributed by atoms with Crippen LogP contribution in [-0.4, -0.2) is 44.1 Å². The predicted octanol–water partition coefficient (Wildman–Crippen LogP) is 2.43. The van der Waals surface area contributed by atoms with E-state index in [1.54, 1.807) is 0 Å². The number of carbonyl (C=O) groups is 1. The molecule has 1 aromatic carbocycles. The Morgan fingerprint density at radius 1 is 1.19 bits per heavy atom. The van der Waals surface area contributed by atoms with Crippen molar-refractivity contribution >= 4 is 23.2 Å². The van der Waals surface area contributed by atoms with Gasteiger partial charge in [0.25, 0.3) is 5.91 Å². The molecule has 1 aliphatic rings. The van der Waals surface area contributed by atoms with E-state index >= 15 is 0 Å². The number of hydrogen-bond acceptors (Lipinski definition) is 4. The quantitative estimate of drug-likeness (QED) is 0.370. The number of thiophene rings is 1. The highest BCUT2D eigenvalue weighted by atomic mass is 32.1. The predicted molar refractivity (Wildman–Crippen MR) is 110 cm³/mol. The SMILES string of the molecule is CCNC(=NCC1Cc2ccccc2O1)NCCCNC(=O)c1cccs1. The minimum atomic E-state index is -0.0106. The maximum absolute atomic E-state index is 11.9. The number of rotatable bonds is 8. The molecule has 0 fully saturated rings. The second-order valence-electron chi connectivity index (χ2n) is 6.28. The Morgan fingerprint density at radius 2 is 2.04 bits per heavy atom. The second-order valence-corrected chi connectivity index (χ2v) is 7.23. The normalized spacial score (nSPS) is 15.7. The third kappa shape index (κ3) is 5.72. The van der Waals surface area contributed by atoms with E-state index < -0.39 is 0 Å². The van der Waals surface area contributed by atoms with Crippen molar-refractivity contribution in [1.82, 2.24) is 16.0 Å². The van der Waals surface area contributed by atoms with E-state index in [-0.39, 0.29) is 12.0 Å². The number of aliphatic imine (C=N–C) groups is 1. The highest BCUT2D eigenvalue weighted by molar-refractivity contribution is 7.12. The summed E-state index contributed by atoms with van der Waals surface area (Å²) in [6.07, 6.45) is 1.81. The lowest BCUT2D eigenvalue weighted by atomic mass is 10.1. The highest BCUT2D eigenvalue weighted by Gasteiger charge is 2.21. The molecule has 0 spiro atoms. The average Bonchev–Trinajstić information content (AvgIpc) is 3.34. The monoisotopic (exact) mass is 386 g/mol. The average molecular weight is 387 g/mol. The van der Waals surface area contributed by atoms with Crippen LogP contribution in [0.4, 0.5) is 0 Å². The minimum Gasteiger partial charge on any atom is -0.488 e. The highest BCUT2D eigenvalue weighted by Crippen LogP contribution is 2.28. The van der Waals surface area contributed by atoms with Crippen LogP contribution in [0.1, 0.15) is 28.6 Å². The molecular formula is C20H26N4O2S. The molecule has 6 nitrogen and oxygen atoms in total. The van der Waals surface area contributed by atoms with Crippen molar-refractivity contribution in [3.63, 3.8) is 0 Å². The summed E-state index contributed by atoms with van der Waals surface area (Å²) in [7, 11) is 0. The molecule has 2 heterocycles. The maximum atomic E-state index is 11.9. The number of hydrogen-bond donors (Lipinski definition) is 3. The number of nitrogens with one attached hydrogen (secondary N) is 3. The third-order valence-electron chi connectivity index (χ3n) is 4.19. The lowest BCUT2D eigenvalue weighted by Gasteiger charge is -2.13. The molecule has 0 bridgehead atoms. The number of carbonyl (C=O) groups excluding carboxylic acids is 1. The van der Waals surface area contributed by atoms with Crippen LogP contribution in [0.3, 0.4) is 0 Å². The Balaban J connectivity index is 1.37. The molecule has 0 aliphatic carbocycles. The summed E-state index contributed by atoms with van der Waals surface area (Å²) in [5.41, 5.74) is 1.25. The van der Waals surface area contributed by atoms with Gasteiger partial charge in [0.15, 0.2) is 5.96 Å². The first-order valence-corrected chi connectivity index (χ1v) is 10.2. The third-order valence-corrected chi connectivity index (χ3v) is 5.06. The van der Waals surface area contributed by atoms with Gasteiger partial charge in [-0.25, -0.2) is 4.99 Å². The number of amides is 1. The van der Waals surface area contributed by atoms with E-state index in [1.807, 2.05) is 42.6 Å². The molecule has 1 aromatic heterocycles.